The Labute approximate surface area is 181 Å². The van der Waals surface area contributed by atoms with Gasteiger partial charge in [0, 0.05) is 35.7 Å². The molecule has 0 radical (unpaired) electrons. The van der Waals surface area contributed by atoms with Gasteiger partial charge in [-0.1, -0.05) is 72.3 Å². The van der Waals surface area contributed by atoms with Gasteiger partial charge < -0.3 is 5.32 Å². The highest BCUT2D eigenvalue weighted by Crippen LogP contribution is 2.31. The minimum absolute atomic E-state index is 0.0453. The fraction of sp³-hybridized carbons (Fsp3) is 0.174. The molecular weight excluding hydrogens is 418 g/mol. The van der Waals surface area contributed by atoms with Gasteiger partial charge in [-0.2, -0.15) is 13.5 Å². The monoisotopic (exact) mass is 439 g/mol. The highest BCUT2D eigenvalue weighted by molar-refractivity contribution is 7.89. The predicted octanol–water partition coefficient (Wildman–Crippen LogP) is 4.84. The summed E-state index contributed by atoms with van der Waals surface area (Å²) in [6.07, 6.45) is 1.24. The Hall–Kier alpha value is -2.67. The fourth-order valence-electron chi connectivity index (χ4n) is 3.60. The van der Waals surface area contributed by atoms with Crippen molar-refractivity contribution in [1.29, 1.82) is 0 Å². The summed E-state index contributed by atoms with van der Waals surface area (Å²) in [5.41, 5.74) is 3.09. The molecule has 2 atom stereocenters. The summed E-state index contributed by atoms with van der Waals surface area (Å²) in [5, 5.41) is 8.47. The number of rotatable bonds is 5. The Morgan fingerprint density at radius 1 is 0.800 bits per heavy atom. The molecular formula is C23H22ClN3O2S. The highest BCUT2D eigenvalue weighted by Gasteiger charge is 2.28. The zero-order valence-corrected chi connectivity index (χ0v) is 17.8. The van der Waals surface area contributed by atoms with Crippen LogP contribution in [0.25, 0.3) is 0 Å². The van der Waals surface area contributed by atoms with E-state index in [-0.39, 0.29) is 17.0 Å². The molecule has 5 nitrogen and oxygen atoms in total. The number of benzene rings is 3. The summed E-state index contributed by atoms with van der Waals surface area (Å²) in [6.45, 7) is 0. The van der Waals surface area contributed by atoms with Crippen LogP contribution in [-0.4, -0.2) is 14.1 Å². The van der Waals surface area contributed by atoms with Gasteiger partial charge >= 0.3 is 0 Å². The SMILES string of the molecule is O=S(=O)(NN=C1CC(c2ccccc2)NC(c2ccccc2)C1)c1ccc(Cl)cc1. The van der Waals surface area contributed by atoms with E-state index in [1.54, 1.807) is 12.1 Å². The molecule has 0 spiro atoms. The molecule has 0 bridgehead atoms. The lowest BCUT2D eigenvalue weighted by Crippen LogP contribution is -2.36. The average molecular weight is 440 g/mol. The van der Waals surface area contributed by atoms with E-state index in [4.69, 9.17) is 11.6 Å². The minimum atomic E-state index is -3.76. The molecule has 2 N–H and O–H groups in total. The number of nitrogens with zero attached hydrogens (tertiary/aromatic N) is 1. The average Bonchev–Trinajstić information content (AvgIpc) is 2.79. The van der Waals surface area contributed by atoms with Gasteiger partial charge in [-0.05, 0) is 35.4 Å². The van der Waals surface area contributed by atoms with Crippen molar-refractivity contribution in [3.05, 3.63) is 101 Å². The normalized spacial score (nSPS) is 19.3. The first kappa shape index (κ1) is 20.6. The van der Waals surface area contributed by atoms with Gasteiger partial charge in [0.1, 0.15) is 0 Å². The molecule has 2 unspecified atom stereocenters. The van der Waals surface area contributed by atoms with Gasteiger partial charge in [-0.25, -0.2) is 4.83 Å². The molecule has 4 rings (SSSR count). The van der Waals surface area contributed by atoms with Gasteiger partial charge in [0.2, 0.25) is 0 Å². The van der Waals surface area contributed by atoms with Crippen LogP contribution in [0, 0.1) is 0 Å². The van der Waals surface area contributed by atoms with E-state index in [0.29, 0.717) is 17.9 Å². The van der Waals surface area contributed by atoms with Crippen LogP contribution in [-0.2, 0) is 10.0 Å². The Morgan fingerprint density at radius 2 is 1.30 bits per heavy atom. The van der Waals surface area contributed by atoms with Crippen LogP contribution >= 0.6 is 11.6 Å². The molecule has 3 aromatic carbocycles. The maximum Gasteiger partial charge on any atom is 0.276 e. The zero-order chi connectivity index (χ0) is 21.0. The van der Waals surface area contributed by atoms with Gasteiger partial charge in [-0.15, -0.1) is 0 Å². The smallest absolute Gasteiger partial charge is 0.276 e. The van der Waals surface area contributed by atoms with Crippen molar-refractivity contribution in [3.63, 3.8) is 0 Å². The Kier molecular flexibility index (Phi) is 6.18. The lowest BCUT2D eigenvalue weighted by atomic mass is 9.89. The van der Waals surface area contributed by atoms with Gasteiger partial charge in [0.05, 0.1) is 4.90 Å². The third kappa shape index (κ3) is 4.90. The van der Waals surface area contributed by atoms with Gasteiger partial charge in [0.15, 0.2) is 0 Å². The van der Waals surface area contributed by atoms with Crippen molar-refractivity contribution in [2.75, 3.05) is 0 Å². The lowest BCUT2D eigenvalue weighted by molar-refractivity contribution is 0.427. The van der Waals surface area contributed by atoms with Gasteiger partial charge in [0.25, 0.3) is 10.0 Å². The third-order valence-corrected chi connectivity index (χ3v) is 6.61. The molecule has 1 heterocycles. The summed E-state index contributed by atoms with van der Waals surface area (Å²) in [7, 11) is -3.76. The van der Waals surface area contributed by atoms with E-state index in [2.05, 4.69) is 39.5 Å². The second kappa shape index (κ2) is 9.00. The number of halogens is 1. The fourth-order valence-corrected chi connectivity index (χ4v) is 4.57. The Bertz CT molecular complexity index is 1070. The van der Waals surface area contributed by atoms with Crippen LogP contribution in [0.3, 0.4) is 0 Å². The van der Waals surface area contributed by atoms with Crippen molar-refractivity contribution >= 4 is 27.3 Å². The molecule has 0 aliphatic carbocycles. The topological polar surface area (TPSA) is 70.6 Å². The first-order valence-electron chi connectivity index (χ1n) is 9.70. The number of hydrogen-bond acceptors (Lipinski definition) is 4. The van der Waals surface area contributed by atoms with Crippen LogP contribution in [0.4, 0.5) is 0 Å². The van der Waals surface area contributed by atoms with Crippen LogP contribution in [0.1, 0.15) is 36.1 Å². The second-order valence-electron chi connectivity index (χ2n) is 7.23. The molecule has 7 heteroatoms. The van der Waals surface area contributed by atoms with Crippen molar-refractivity contribution in [1.82, 2.24) is 10.1 Å². The van der Waals surface area contributed by atoms with Crippen LogP contribution in [0.15, 0.2) is 94.9 Å². The molecule has 3 aromatic rings. The quantitative estimate of drug-likeness (QED) is 0.559. The highest BCUT2D eigenvalue weighted by atomic mass is 35.5. The molecule has 0 amide bonds. The van der Waals surface area contributed by atoms with E-state index in [0.717, 1.165) is 16.8 Å². The maximum atomic E-state index is 12.6. The minimum Gasteiger partial charge on any atom is -0.302 e. The summed E-state index contributed by atoms with van der Waals surface area (Å²) < 4.78 is 25.2. The second-order valence-corrected chi connectivity index (χ2v) is 9.33. The molecule has 1 aliphatic rings. The van der Waals surface area contributed by atoms with E-state index < -0.39 is 10.0 Å². The van der Waals surface area contributed by atoms with E-state index in [1.165, 1.54) is 12.1 Å². The number of sulfonamides is 1. The van der Waals surface area contributed by atoms with E-state index in [9.17, 15) is 8.42 Å². The molecule has 154 valence electrons. The van der Waals surface area contributed by atoms with Crippen molar-refractivity contribution in [2.45, 2.75) is 29.8 Å². The largest absolute Gasteiger partial charge is 0.302 e. The maximum absolute atomic E-state index is 12.6. The summed E-state index contributed by atoms with van der Waals surface area (Å²) in [6, 6.07) is 26.4. The Balaban J connectivity index is 1.59. The van der Waals surface area contributed by atoms with Crippen LogP contribution in [0.2, 0.25) is 5.02 Å². The third-order valence-electron chi connectivity index (χ3n) is 5.13. The Morgan fingerprint density at radius 3 is 1.80 bits per heavy atom. The number of hydrogen-bond donors (Lipinski definition) is 2. The van der Waals surface area contributed by atoms with Crippen molar-refractivity contribution < 1.29 is 8.42 Å². The molecule has 0 aromatic heterocycles. The van der Waals surface area contributed by atoms with E-state index in [1.807, 2.05) is 36.4 Å². The summed E-state index contributed by atoms with van der Waals surface area (Å²) >= 11 is 5.86. The molecule has 0 saturated carbocycles. The van der Waals surface area contributed by atoms with Crippen molar-refractivity contribution in [2.24, 2.45) is 5.10 Å². The number of nitrogens with one attached hydrogen (secondary N) is 2. The first-order chi connectivity index (χ1) is 14.5. The van der Waals surface area contributed by atoms with Gasteiger partial charge in [-0.3, -0.25) is 0 Å². The lowest BCUT2D eigenvalue weighted by Gasteiger charge is -2.32. The number of piperidine rings is 1. The zero-order valence-electron chi connectivity index (χ0n) is 16.2. The molecule has 1 fully saturated rings. The number of hydrazone groups is 1. The molecule has 1 aliphatic heterocycles. The summed E-state index contributed by atoms with van der Waals surface area (Å²) in [4.78, 5) is 2.53. The standard InChI is InChI=1S/C23H22ClN3O2S/c24-19-11-13-21(14-12-19)30(28,29)27-26-20-15-22(17-7-3-1-4-8-17)25-23(16-20)18-9-5-2-6-10-18/h1-14,22-23,25,27H,15-16H2. The predicted molar refractivity (Wildman–Crippen MR) is 120 cm³/mol. The van der Waals surface area contributed by atoms with Crippen LogP contribution in [0.5, 0.6) is 0 Å². The molecule has 30 heavy (non-hydrogen) atoms. The molecule has 1 saturated heterocycles. The van der Waals surface area contributed by atoms with E-state index >= 15 is 0 Å². The first-order valence-corrected chi connectivity index (χ1v) is 11.6. The van der Waals surface area contributed by atoms with Crippen molar-refractivity contribution in [3.8, 4) is 0 Å². The summed E-state index contributed by atoms with van der Waals surface area (Å²) in [5.74, 6) is 0. The van der Waals surface area contributed by atoms with Crippen LogP contribution < -0.4 is 10.1 Å².